The van der Waals surface area contributed by atoms with E-state index in [1.807, 2.05) is 0 Å². The van der Waals surface area contributed by atoms with Gasteiger partial charge in [0, 0.05) is 11.4 Å². The summed E-state index contributed by atoms with van der Waals surface area (Å²) in [4.78, 5) is 13.6. The van der Waals surface area contributed by atoms with Crippen LogP contribution < -0.4 is 10.5 Å². The Bertz CT molecular complexity index is 741. The van der Waals surface area contributed by atoms with Crippen LogP contribution in [-0.4, -0.2) is 18.3 Å². The van der Waals surface area contributed by atoms with Gasteiger partial charge in [-0.3, -0.25) is 10.1 Å². The second-order valence-electron chi connectivity index (χ2n) is 3.73. The maximum atomic E-state index is 12.1. The Hall–Kier alpha value is -2.04. The number of anilines is 1. The first-order valence-corrected chi connectivity index (χ1v) is 7.69. The van der Waals surface area contributed by atoms with Gasteiger partial charge < -0.3 is 5.73 Å². The number of nitrogens with zero attached hydrogens (tertiary/aromatic N) is 2. The molecule has 0 spiro atoms. The summed E-state index contributed by atoms with van der Waals surface area (Å²) in [6.45, 7) is -0.0813. The molecular formula is C10H10N4O4S2. The fourth-order valence-electron chi connectivity index (χ4n) is 1.49. The number of nitrogens with one attached hydrogen (secondary N) is 1. The molecule has 0 bridgehead atoms. The molecular weight excluding hydrogens is 304 g/mol. The van der Waals surface area contributed by atoms with Crippen LogP contribution in [0.4, 0.5) is 10.8 Å². The SMILES string of the molecule is Nc1nc(CNS(=O)(=O)c2ccccc2[N+](=O)[O-])cs1. The van der Waals surface area contributed by atoms with Gasteiger partial charge in [-0.2, -0.15) is 0 Å². The monoisotopic (exact) mass is 314 g/mol. The highest BCUT2D eigenvalue weighted by molar-refractivity contribution is 7.89. The molecule has 2 aromatic rings. The fraction of sp³-hybridized carbons (Fsp3) is 0.100. The third-order valence-electron chi connectivity index (χ3n) is 2.36. The molecule has 0 unspecified atom stereocenters. The molecule has 0 atom stereocenters. The molecule has 2 rings (SSSR count). The molecule has 1 aromatic heterocycles. The number of nitro benzene ring substituents is 1. The summed E-state index contributed by atoms with van der Waals surface area (Å²) >= 11 is 1.18. The molecule has 0 fully saturated rings. The average Bonchev–Trinajstić information content (AvgIpc) is 2.82. The quantitative estimate of drug-likeness (QED) is 0.628. The molecule has 0 radical (unpaired) electrons. The largest absolute Gasteiger partial charge is 0.375 e. The molecule has 0 aliphatic heterocycles. The third-order valence-corrected chi connectivity index (χ3v) is 4.54. The van der Waals surface area contributed by atoms with Crippen molar-refractivity contribution in [3.8, 4) is 0 Å². The number of aromatic nitrogens is 1. The van der Waals surface area contributed by atoms with Gasteiger partial charge >= 0.3 is 0 Å². The summed E-state index contributed by atoms with van der Waals surface area (Å²) in [6.07, 6.45) is 0. The first kappa shape index (κ1) is 14.4. The molecule has 0 amide bonds. The molecule has 106 valence electrons. The molecule has 0 aliphatic carbocycles. The van der Waals surface area contributed by atoms with E-state index in [-0.39, 0.29) is 11.4 Å². The van der Waals surface area contributed by atoms with Crippen LogP contribution in [0.2, 0.25) is 0 Å². The van der Waals surface area contributed by atoms with E-state index in [0.29, 0.717) is 10.8 Å². The van der Waals surface area contributed by atoms with Crippen LogP contribution in [0.15, 0.2) is 34.5 Å². The number of nitrogens with two attached hydrogens (primary N) is 1. The van der Waals surface area contributed by atoms with Gasteiger partial charge in [0.15, 0.2) is 10.0 Å². The van der Waals surface area contributed by atoms with Crippen molar-refractivity contribution in [3.63, 3.8) is 0 Å². The van der Waals surface area contributed by atoms with Crippen molar-refractivity contribution < 1.29 is 13.3 Å². The number of sulfonamides is 1. The molecule has 20 heavy (non-hydrogen) atoms. The minimum absolute atomic E-state index is 0.0813. The van der Waals surface area contributed by atoms with Crippen LogP contribution in [0.3, 0.4) is 0 Å². The normalized spacial score (nSPS) is 11.4. The smallest absolute Gasteiger partial charge is 0.289 e. The molecule has 0 saturated heterocycles. The zero-order valence-corrected chi connectivity index (χ0v) is 11.6. The van der Waals surface area contributed by atoms with Crippen LogP contribution in [-0.2, 0) is 16.6 Å². The number of benzene rings is 1. The van der Waals surface area contributed by atoms with Gasteiger partial charge in [0.25, 0.3) is 5.69 Å². The lowest BCUT2D eigenvalue weighted by Gasteiger charge is -2.05. The van der Waals surface area contributed by atoms with Gasteiger partial charge in [-0.05, 0) is 6.07 Å². The van der Waals surface area contributed by atoms with Gasteiger partial charge in [0.1, 0.15) is 0 Å². The lowest BCUT2D eigenvalue weighted by atomic mass is 10.3. The van der Waals surface area contributed by atoms with E-state index in [9.17, 15) is 18.5 Å². The van der Waals surface area contributed by atoms with E-state index in [1.54, 1.807) is 5.38 Å². The lowest BCUT2D eigenvalue weighted by molar-refractivity contribution is -0.387. The van der Waals surface area contributed by atoms with Crippen molar-refractivity contribution in [1.29, 1.82) is 0 Å². The second-order valence-corrected chi connectivity index (χ2v) is 6.35. The van der Waals surface area contributed by atoms with E-state index in [4.69, 9.17) is 5.73 Å². The molecule has 8 nitrogen and oxygen atoms in total. The average molecular weight is 314 g/mol. The van der Waals surface area contributed by atoms with Crippen molar-refractivity contribution in [2.45, 2.75) is 11.4 Å². The van der Waals surface area contributed by atoms with Crippen LogP contribution in [0.1, 0.15) is 5.69 Å². The van der Waals surface area contributed by atoms with Crippen molar-refractivity contribution in [3.05, 3.63) is 45.5 Å². The number of nitrogen functional groups attached to an aromatic ring is 1. The van der Waals surface area contributed by atoms with E-state index in [0.717, 1.165) is 6.07 Å². The van der Waals surface area contributed by atoms with Gasteiger partial charge in [-0.25, -0.2) is 18.1 Å². The third kappa shape index (κ3) is 3.10. The first-order chi connectivity index (χ1) is 9.40. The van der Waals surface area contributed by atoms with E-state index >= 15 is 0 Å². The highest BCUT2D eigenvalue weighted by atomic mass is 32.2. The number of thiazole rings is 1. The number of para-hydroxylation sites is 1. The maximum absolute atomic E-state index is 12.1. The Morgan fingerprint density at radius 2 is 2.10 bits per heavy atom. The Kier molecular flexibility index (Phi) is 3.97. The predicted octanol–water partition coefficient (Wildman–Crippen LogP) is 1.11. The molecule has 3 N–H and O–H groups in total. The number of rotatable bonds is 5. The second kappa shape index (κ2) is 5.53. The van der Waals surface area contributed by atoms with Gasteiger partial charge in [-0.1, -0.05) is 12.1 Å². The van der Waals surface area contributed by atoms with Crippen LogP contribution in [0.25, 0.3) is 0 Å². The van der Waals surface area contributed by atoms with Crippen molar-refractivity contribution in [2.75, 3.05) is 5.73 Å². The minimum Gasteiger partial charge on any atom is -0.375 e. The van der Waals surface area contributed by atoms with Crippen molar-refractivity contribution in [2.24, 2.45) is 0 Å². The maximum Gasteiger partial charge on any atom is 0.289 e. The summed E-state index contributed by atoms with van der Waals surface area (Å²) < 4.78 is 26.4. The fourth-order valence-corrected chi connectivity index (χ4v) is 3.22. The number of hydrogen-bond acceptors (Lipinski definition) is 7. The molecule has 10 heteroatoms. The number of nitro groups is 1. The van der Waals surface area contributed by atoms with E-state index in [1.165, 1.54) is 29.5 Å². The van der Waals surface area contributed by atoms with Crippen LogP contribution >= 0.6 is 11.3 Å². The zero-order chi connectivity index (χ0) is 14.8. The predicted molar refractivity (Wildman–Crippen MR) is 73.6 cm³/mol. The Labute approximate surface area is 118 Å². The van der Waals surface area contributed by atoms with Gasteiger partial charge in [0.2, 0.25) is 10.0 Å². The standard InChI is InChI=1S/C10H10N4O4S2/c11-10-13-7(6-19-10)5-12-20(17,18)9-4-2-1-3-8(9)14(15)16/h1-4,6,12H,5H2,(H2,11,13). The highest BCUT2D eigenvalue weighted by Gasteiger charge is 2.24. The molecule has 1 heterocycles. The highest BCUT2D eigenvalue weighted by Crippen LogP contribution is 2.23. The first-order valence-electron chi connectivity index (χ1n) is 5.33. The lowest BCUT2D eigenvalue weighted by Crippen LogP contribution is -2.24. The van der Waals surface area contributed by atoms with Gasteiger partial charge in [0.05, 0.1) is 17.2 Å². The topological polar surface area (TPSA) is 128 Å². The Balaban J connectivity index is 2.25. The summed E-state index contributed by atoms with van der Waals surface area (Å²) in [5.74, 6) is 0. The minimum atomic E-state index is -3.99. The summed E-state index contributed by atoms with van der Waals surface area (Å²) in [7, 11) is -3.99. The molecule has 1 aromatic carbocycles. The van der Waals surface area contributed by atoms with Crippen molar-refractivity contribution in [1.82, 2.24) is 9.71 Å². The number of hydrogen-bond donors (Lipinski definition) is 2. The molecule has 0 saturated carbocycles. The van der Waals surface area contributed by atoms with Crippen molar-refractivity contribution >= 4 is 32.2 Å². The Morgan fingerprint density at radius 3 is 2.70 bits per heavy atom. The summed E-state index contributed by atoms with van der Waals surface area (Å²) in [5, 5.41) is 12.8. The zero-order valence-electron chi connectivity index (χ0n) is 10.0. The summed E-state index contributed by atoms with van der Waals surface area (Å²) in [6, 6.07) is 5.13. The van der Waals surface area contributed by atoms with Gasteiger partial charge in [-0.15, -0.1) is 11.3 Å². The van der Waals surface area contributed by atoms with Crippen LogP contribution in [0.5, 0.6) is 0 Å². The Morgan fingerprint density at radius 1 is 1.40 bits per heavy atom. The van der Waals surface area contributed by atoms with Crippen LogP contribution in [0, 0.1) is 10.1 Å². The summed E-state index contributed by atoms with van der Waals surface area (Å²) in [5.41, 5.74) is 5.41. The molecule has 0 aliphatic rings. The van der Waals surface area contributed by atoms with E-state index < -0.39 is 20.6 Å². The van der Waals surface area contributed by atoms with E-state index in [2.05, 4.69) is 9.71 Å².